The Hall–Kier alpha value is -3.73. The molecule has 0 radical (unpaired) electrons. The van der Waals surface area contributed by atoms with Crippen molar-refractivity contribution in [2.24, 2.45) is 7.05 Å². The molecule has 0 N–H and O–H groups in total. The third-order valence-electron chi connectivity index (χ3n) is 6.00. The smallest absolute Gasteiger partial charge is 0.502 e. The molecule has 144 valence electrons. The van der Waals surface area contributed by atoms with Crippen LogP contribution in [0.5, 0.6) is 5.75 Å². The molecule has 2 aliphatic heterocycles. The van der Waals surface area contributed by atoms with E-state index in [1.807, 2.05) is 6.07 Å². The van der Waals surface area contributed by atoms with E-state index in [1.54, 1.807) is 0 Å². The van der Waals surface area contributed by atoms with Crippen LogP contribution in [0, 0.1) is 6.92 Å². The van der Waals surface area contributed by atoms with Crippen molar-refractivity contribution in [3.05, 3.63) is 96.7 Å². The van der Waals surface area contributed by atoms with Gasteiger partial charge in [-0.3, -0.25) is 4.81 Å². The van der Waals surface area contributed by atoms with Crippen LogP contribution in [0.25, 0.3) is 11.1 Å². The Morgan fingerprint density at radius 1 is 0.700 bits per heavy atom. The zero-order valence-corrected chi connectivity index (χ0v) is 17.0. The number of fused-ring (bicyclic) bond motifs is 7. The molecule has 3 aromatic carbocycles. The van der Waals surface area contributed by atoms with Crippen LogP contribution in [0.15, 0.2) is 91.1 Å². The van der Waals surface area contributed by atoms with Crippen LogP contribution in [0.4, 0.5) is 22.9 Å². The highest BCUT2D eigenvalue weighted by Crippen LogP contribution is 2.50. The Morgan fingerprint density at radius 3 is 2.20 bits per heavy atom. The van der Waals surface area contributed by atoms with Crippen molar-refractivity contribution in [2.75, 3.05) is 9.62 Å². The van der Waals surface area contributed by atoms with Gasteiger partial charge in [-0.05, 0) is 42.8 Å². The number of nitrogens with zero attached hydrogens (tertiary/aromatic N) is 3. The summed E-state index contributed by atoms with van der Waals surface area (Å²) in [6.07, 6.45) is 2.09. The van der Waals surface area contributed by atoms with Crippen molar-refractivity contribution in [3.63, 3.8) is 0 Å². The molecule has 6 rings (SSSR count). The van der Waals surface area contributed by atoms with Crippen molar-refractivity contribution >= 4 is 30.1 Å². The monoisotopic (exact) mass is 390 g/mol. The van der Waals surface area contributed by atoms with E-state index in [1.165, 1.54) is 11.1 Å². The summed E-state index contributed by atoms with van der Waals surface area (Å²) in [5, 5.41) is 0. The van der Waals surface area contributed by atoms with Gasteiger partial charge >= 0.3 is 7.19 Å². The minimum Gasteiger partial charge on any atom is -0.502 e. The fraction of sp³-hybridized carbons (Fsp3) is 0.0800. The summed E-state index contributed by atoms with van der Waals surface area (Å²) in [5.74, 6) is 2.01. The van der Waals surface area contributed by atoms with Gasteiger partial charge in [-0.2, -0.15) is 0 Å². The third-order valence-corrected chi connectivity index (χ3v) is 6.00. The van der Waals surface area contributed by atoms with Gasteiger partial charge in [0, 0.05) is 16.8 Å². The minimum atomic E-state index is -0.320. The summed E-state index contributed by atoms with van der Waals surface area (Å²) in [6, 6.07) is 29.6. The summed E-state index contributed by atoms with van der Waals surface area (Å²) in [4.78, 5) is 4.63. The predicted octanol–water partition coefficient (Wildman–Crippen LogP) is 5.15. The summed E-state index contributed by atoms with van der Waals surface area (Å²) in [7, 11) is 1.77. The number of benzene rings is 3. The lowest BCUT2D eigenvalue weighted by Crippen LogP contribution is -2.50. The third kappa shape index (κ3) is 2.32. The van der Waals surface area contributed by atoms with Crippen molar-refractivity contribution in [3.8, 4) is 16.9 Å². The van der Waals surface area contributed by atoms with E-state index in [9.17, 15) is 0 Å². The lowest BCUT2D eigenvalue weighted by Gasteiger charge is -2.22. The van der Waals surface area contributed by atoms with Gasteiger partial charge in [-0.25, -0.2) is 9.38 Å². The molecule has 3 heterocycles. The highest BCUT2D eigenvalue weighted by atomic mass is 16.5. The van der Waals surface area contributed by atoms with E-state index in [2.05, 4.69) is 113 Å². The SMILES string of the molecule is Cc1ccccc1N1B2Oc3ccccc3-c3ccccc3N2c2ccc[n+](C)c21. The van der Waals surface area contributed by atoms with Crippen molar-refractivity contribution in [2.45, 2.75) is 6.92 Å². The maximum absolute atomic E-state index is 6.76. The summed E-state index contributed by atoms with van der Waals surface area (Å²) < 4.78 is 8.94. The number of pyridine rings is 1. The summed E-state index contributed by atoms with van der Waals surface area (Å²) in [6.45, 7) is 2.15. The molecular weight excluding hydrogens is 369 g/mol. The number of anilines is 4. The molecule has 4 aromatic rings. The summed E-state index contributed by atoms with van der Waals surface area (Å²) in [5.41, 5.74) is 6.94. The molecular formula is C25H21BN3O+. The number of para-hydroxylation sites is 3. The summed E-state index contributed by atoms with van der Waals surface area (Å²) >= 11 is 0. The van der Waals surface area contributed by atoms with E-state index in [-0.39, 0.29) is 7.19 Å². The molecule has 5 heteroatoms. The van der Waals surface area contributed by atoms with Crippen LogP contribution in [-0.2, 0) is 7.05 Å². The number of hydrogen-bond donors (Lipinski definition) is 0. The zero-order valence-electron chi connectivity index (χ0n) is 17.0. The second-order valence-electron chi connectivity index (χ2n) is 7.81. The van der Waals surface area contributed by atoms with Crippen LogP contribution < -0.4 is 18.8 Å². The van der Waals surface area contributed by atoms with Gasteiger partial charge in [0.2, 0.25) is 0 Å². The first-order valence-corrected chi connectivity index (χ1v) is 10.2. The molecule has 0 atom stereocenters. The molecule has 0 amide bonds. The van der Waals surface area contributed by atoms with Crippen molar-refractivity contribution < 1.29 is 9.22 Å². The van der Waals surface area contributed by atoms with Gasteiger partial charge in [0.1, 0.15) is 17.1 Å². The Kier molecular flexibility index (Phi) is 3.66. The molecule has 0 aliphatic carbocycles. The standard InChI is InChI=1S/C25H21BN3O/c1-18-10-3-6-13-21(18)29-25-23(15-9-17-27(25)2)28-22-14-7-4-11-19(22)20-12-5-8-16-24(20)30-26(28)29/h3-17H,1-2H3/q+1. The Balaban J connectivity index is 1.68. The highest BCUT2D eigenvalue weighted by molar-refractivity contribution is 6.68. The number of hydrogen-bond acceptors (Lipinski definition) is 3. The number of aromatic nitrogens is 1. The fourth-order valence-electron chi connectivity index (χ4n) is 4.65. The van der Waals surface area contributed by atoms with Gasteiger partial charge in [0.05, 0.1) is 13.2 Å². The molecule has 1 aromatic heterocycles. The van der Waals surface area contributed by atoms with Crippen LogP contribution in [0.2, 0.25) is 0 Å². The highest BCUT2D eigenvalue weighted by Gasteiger charge is 2.57. The van der Waals surface area contributed by atoms with Crippen LogP contribution in [0.3, 0.4) is 0 Å². The average molecular weight is 390 g/mol. The van der Waals surface area contributed by atoms with Crippen LogP contribution in [-0.4, -0.2) is 7.19 Å². The molecule has 0 spiro atoms. The normalized spacial score (nSPS) is 13.7. The van der Waals surface area contributed by atoms with Crippen LogP contribution >= 0.6 is 0 Å². The first-order valence-electron chi connectivity index (χ1n) is 10.2. The molecule has 2 aliphatic rings. The van der Waals surface area contributed by atoms with Crippen LogP contribution in [0.1, 0.15) is 5.56 Å². The molecule has 0 saturated heterocycles. The van der Waals surface area contributed by atoms with Crippen molar-refractivity contribution in [1.29, 1.82) is 0 Å². The zero-order chi connectivity index (χ0) is 20.2. The lowest BCUT2D eigenvalue weighted by molar-refractivity contribution is -0.657. The number of aryl methyl sites for hydroxylation is 2. The molecule has 0 unspecified atom stereocenters. The maximum atomic E-state index is 6.76. The van der Waals surface area contributed by atoms with E-state index in [0.29, 0.717) is 0 Å². The molecule has 0 fully saturated rings. The van der Waals surface area contributed by atoms with Gasteiger partial charge in [0.25, 0.3) is 5.82 Å². The lowest BCUT2D eigenvalue weighted by atomic mass is 9.92. The minimum absolute atomic E-state index is 0.320. The first-order chi connectivity index (χ1) is 14.7. The Bertz CT molecular complexity index is 1290. The molecule has 0 saturated carbocycles. The predicted molar refractivity (Wildman–Crippen MR) is 121 cm³/mol. The van der Waals surface area contributed by atoms with Gasteiger partial charge in [-0.1, -0.05) is 54.6 Å². The second-order valence-corrected chi connectivity index (χ2v) is 7.81. The molecule has 30 heavy (non-hydrogen) atoms. The number of rotatable bonds is 1. The van der Waals surface area contributed by atoms with E-state index in [0.717, 1.165) is 34.2 Å². The molecule has 0 bridgehead atoms. The van der Waals surface area contributed by atoms with E-state index in [4.69, 9.17) is 4.65 Å². The van der Waals surface area contributed by atoms with Gasteiger partial charge in [-0.15, -0.1) is 0 Å². The topological polar surface area (TPSA) is 19.6 Å². The quantitative estimate of drug-likeness (QED) is 0.331. The second kappa shape index (κ2) is 6.39. The largest absolute Gasteiger partial charge is 0.755 e. The Morgan fingerprint density at radius 2 is 1.37 bits per heavy atom. The van der Waals surface area contributed by atoms with Gasteiger partial charge < -0.3 is 4.65 Å². The van der Waals surface area contributed by atoms with Crippen molar-refractivity contribution in [1.82, 2.24) is 0 Å². The van der Waals surface area contributed by atoms with E-state index < -0.39 is 0 Å². The molecule has 4 nitrogen and oxygen atoms in total. The van der Waals surface area contributed by atoms with Gasteiger partial charge in [0.15, 0.2) is 0 Å². The Labute approximate surface area is 176 Å². The fourth-order valence-corrected chi connectivity index (χ4v) is 4.65. The first kappa shape index (κ1) is 17.2. The maximum Gasteiger partial charge on any atom is 0.755 e. The average Bonchev–Trinajstić information content (AvgIpc) is 3.01. The van der Waals surface area contributed by atoms with E-state index >= 15 is 0 Å².